The lowest BCUT2D eigenvalue weighted by Gasteiger charge is -2.30. The van der Waals surface area contributed by atoms with Gasteiger partial charge in [-0.3, -0.25) is 0 Å². The van der Waals surface area contributed by atoms with Gasteiger partial charge < -0.3 is 13.7 Å². The van der Waals surface area contributed by atoms with Crippen molar-refractivity contribution in [2.75, 3.05) is 4.90 Å². The molecule has 0 aliphatic heterocycles. The van der Waals surface area contributed by atoms with Crippen LogP contribution in [0.3, 0.4) is 0 Å². The van der Waals surface area contributed by atoms with Crippen molar-refractivity contribution in [2.24, 2.45) is 0 Å². The van der Waals surface area contributed by atoms with Gasteiger partial charge in [0.2, 0.25) is 0 Å². The minimum Gasteiger partial charge on any atom is -0.455 e. The molecule has 0 aliphatic carbocycles. The number of hydrogen-bond donors (Lipinski definition) is 0. The van der Waals surface area contributed by atoms with Crippen LogP contribution in [-0.2, 0) is 0 Å². The van der Waals surface area contributed by atoms with Crippen molar-refractivity contribution in [3.63, 3.8) is 0 Å². The van der Waals surface area contributed by atoms with Crippen LogP contribution in [-0.4, -0.2) is 0 Å². The Bertz CT molecular complexity index is 3450. The zero-order valence-corrected chi connectivity index (χ0v) is 34.3. The van der Waals surface area contributed by atoms with Gasteiger partial charge in [0.15, 0.2) is 0 Å². The molecule has 0 aliphatic rings. The first-order valence-electron chi connectivity index (χ1n) is 21.4. The van der Waals surface area contributed by atoms with Gasteiger partial charge in [0.1, 0.15) is 22.3 Å². The van der Waals surface area contributed by atoms with E-state index in [0.29, 0.717) is 0 Å². The Kier molecular flexibility index (Phi) is 8.83. The molecule has 0 N–H and O–H groups in total. The Morgan fingerprint density at radius 3 is 0.984 bits per heavy atom. The van der Waals surface area contributed by atoms with E-state index in [1.807, 2.05) is 12.1 Å². The number of fused-ring (bicyclic) bond motifs is 6. The van der Waals surface area contributed by atoms with Crippen molar-refractivity contribution in [3.05, 3.63) is 237 Å². The lowest BCUT2D eigenvalue weighted by atomic mass is 9.92. The first kappa shape index (κ1) is 36.5. The Hall–Kier alpha value is -8.40. The molecular formula is C60H39NO2. The van der Waals surface area contributed by atoms with E-state index in [1.54, 1.807) is 0 Å². The van der Waals surface area contributed by atoms with Gasteiger partial charge in [-0.25, -0.2) is 0 Å². The van der Waals surface area contributed by atoms with E-state index in [2.05, 4.69) is 229 Å². The van der Waals surface area contributed by atoms with Crippen LogP contribution in [0.2, 0.25) is 0 Å². The van der Waals surface area contributed by atoms with Crippen LogP contribution in [0.1, 0.15) is 0 Å². The number of para-hydroxylation sites is 5. The molecule has 2 heterocycles. The molecule has 63 heavy (non-hydrogen) atoms. The molecule has 0 atom stereocenters. The summed E-state index contributed by atoms with van der Waals surface area (Å²) in [6.45, 7) is 0. The number of furan rings is 2. The molecule has 0 unspecified atom stereocenters. The number of hydrogen-bond acceptors (Lipinski definition) is 3. The van der Waals surface area contributed by atoms with Crippen LogP contribution >= 0.6 is 0 Å². The molecule has 0 spiro atoms. The third-order valence-corrected chi connectivity index (χ3v) is 12.3. The van der Waals surface area contributed by atoms with Crippen molar-refractivity contribution in [1.29, 1.82) is 0 Å². The lowest BCUT2D eigenvalue weighted by Crippen LogP contribution is -2.13. The third kappa shape index (κ3) is 6.38. The molecule has 0 radical (unpaired) electrons. The van der Waals surface area contributed by atoms with E-state index in [0.717, 1.165) is 99.9 Å². The van der Waals surface area contributed by atoms with Crippen LogP contribution in [0.25, 0.3) is 99.5 Å². The van der Waals surface area contributed by atoms with Crippen molar-refractivity contribution < 1.29 is 8.83 Å². The molecule has 296 valence electrons. The maximum atomic E-state index is 6.77. The molecule has 3 heteroatoms. The van der Waals surface area contributed by atoms with E-state index in [9.17, 15) is 0 Å². The second-order valence-electron chi connectivity index (χ2n) is 16.0. The van der Waals surface area contributed by atoms with Gasteiger partial charge >= 0.3 is 0 Å². The minimum atomic E-state index is 0.854. The summed E-state index contributed by atoms with van der Waals surface area (Å²) in [6.07, 6.45) is 0. The third-order valence-electron chi connectivity index (χ3n) is 12.3. The highest BCUT2D eigenvalue weighted by Crippen LogP contribution is 2.50. The zero-order valence-electron chi connectivity index (χ0n) is 34.3. The summed E-state index contributed by atoms with van der Waals surface area (Å²) >= 11 is 0. The number of anilines is 3. The van der Waals surface area contributed by atoms with E-state index in [1.165, 1.54) is 16.7 Å². The fraction of sp³-hybridized carbons (Fsp3) is 0. The van der Waals surface area contributed by atoms with Gasteiger partial charge in [0.25, 0.3) is 0 Å². The second kappa shape index (κ2) is 15.3. The quantitative estimate of drug-likeness (QED) is 0.153. The van der Waals surface area contributed by atoms with E-state index < -0.39 is 0 Å². The van der Waals surface area contributed by atoms with E-state index in [4.69, 9.17) is 8.83 Å². The SMILES string of the molecule is c1ccc(-c2ccc(-c3ccc(N(c4ccc(-c5ccccc5)cc4)c4c(-c5cccc6c5oc5ccccc56)cccc4-c4cccc5c4oc4ccccc45)cc3)cc2)cc1. The fourth-order valence-corrected chi connectivity index (χ4v) is 9.27. The van der Waals surface area contributed by atoms with Crippen molar-refractivity contribution in [2.45, 2.75) is 0 Å². The van der Waals surface area contributed by atoms with Crippen LogP contribution in [0, 0.1) is 0 Å². The first-order chi connectivity index (χ1) is 31.2. The van der Waals surface area contributed by atoms with E-state index >= 15 is 0 Å². The normalized spacial score (nSPS) is 11.5. The smallest absolute Gasteiger partial charge is 0.143 e. The average molecular weight is 806 g/mol. The summed E-state index contributed by atoms with van der Waals surface area (Å²) in [7, 11) is 0. The monoisotopic (exact) mass is 805 g/mol. The molecule has 12 aromatic rings. The highest BCUT2D eigenvalue weighted by atomic mass is 16.3. The number of benzene rings is 10. The second-order valence-corrected chi connectivity index (χ2v) is 16.0. The predicted octanol–water partition coefficient (Wildman–Crippen LogP) is 17.3. The first-order valence-corrected chi connectivity index (χ1v) is 21.4. The molecule has 12 rings (SSSR count). The highest BCUT2D eigenvalue weighted by molar-refractivity contribution is 6.14. The summed E-state index contributed by atoms with van der Waals surface area (Å²) in [5.41, 5.74) is 17.7. The van der Waals surface area contributed by atoms with Gasteiger partial charge in [0.05, 0.1) is 5.69 Å². The predicted molar refractivity (Wildman–Crippen MR) is 263 cm³/mol. The Morgan fingerprint density at radius 1 is 0.238 bits per heavy atom. The maximum absolute atomic E-state index is 6.77. The zero-order chi connectivity index (χ0) is 41.7. The number of rotatable bonds is 8. The fourth-order valence-electron chi connectivity index (χ4n) is 9.27. The highest BCUT2D eigenvalue weighted by Gasteiger charge is 2.26. The number of nitrogens with zero attached hydrogens (tertiary/aromatic N) is 1. The molecule has 2 aromatic heterocycles. The lowest BCUT2D eigenvalue weighted by molar-refractivity contribution is 0.670. The molecule has 0 saturated carbocycles. The van der Waals surface area contributed by atoms with Gasteiger partial charge in [0, 0.05) is 55.2 Å². The standard InChI is InChI=1S/C60H39NO2/c1-3-14-40(15-4-1)42-28-30-43(31-29-42)45-34-38-47(39-35-45)61(46-36-32-44(33-37-46)41-16-5-2-6-17-41)58-50(54-24-12-22-52-48-18-7-9-26-56(48)62-59(52)54)20-11-21-51(58)55-25-13-23-53-49-19-8-10-27-57(49)63-60(53)55/h1-39H. The summed E-state index contributed by atoms with van der Waals surface area (Å²) in [5, 5.41) is 4.36. The molecule has 0 fully saturated rings. The van der Waals surface area contributed by atoms with Gasteiger partial charge in [-0.05, 0) is 69.8 Å². The summed E-state index contributed by atoms with van der Waals surface area (Å²) in [6, 6.07) is 84.0. The average Bonchev–Trinajstić information content (AvgIpc) is 3.94. The molecule has 0 bridgehead atoms. The molecule has 3 nitrogen and oxygen atoms in total. The summed E-state index contributed by atoms with van der Waals surface area (Å²) in [4.78, 5) is 2.41. The molecular weight excluding hydrogens is 767 g/mol. The molecule has 10 aromatic carbocycles. The van der Waals surface area contributed by atoms with Crippen molar-refractivity contribution in [1.82, 2.24) is 0 Å². The molecule has 0 saturated heterocycles. The minimum absolute atomic E-state index is 0.854. The Morgan fingerprint density at radius 2 is 0.556 bits per heavy atom. The van der Waals surface area contributed by atoms with Crippen LogP contribution in [0.5, 0.6) is 0 Å². The van der Waals surface area contributed by atoms with Gasteiger partial charge in [-0.15, -0.1) is 0 Å². The van der Waals surface area contributed by atoms with Gasteiger partial charge in [-0.1, -0.05) is 200 Å². The van der Waals surface area contributed by atoms with Crippen molar-refractivity contribution in [3.8, 4) is 55.6 Å². The topological polar surface area (TPSA) is 29.5 Å². The maximum Gasteiger partial charge on any atom is 0.143 e. The van der Waals surface area contributed by atoms with Crippen LogP contribution in [0.4, 0.5) is 17.1 Å². The largest absolute Gasteiger partial charge is 0.455 e. The van der Waals surface area contributed by atoms with Crippen molar-refractivity contribution >= 4 is 60.9 Å². The van der Waals surface area contributed by atoms with E-state index in [-0.39, 0.29) is 0 Å². The van der Waals surface area contributed by atoms with Crippen LogP contribution < -0.4 is 4.90 Å². The summed E-state index contributed by atoms with van der Waals surface area (Å²) in [5.74, 6) is 0. The Labute approximate surface area is 365 Å². The molecule has 0 amide bonds. The summed E-state index contributed by atoms with van der Waals surface area (Å²) < 4.78 is 13.5. The van der Waals surface area contributed by atoms with Gasteiger partial charge in [-0.2, -0.15) is 0 Å². The van der Waals surface area contributed by atoms with Crippen LogP contribution in [0.15, 0.2) is 245 Å². The Balaban J connectivity index is 1.10.